The third kappa shape index (κ3) is 2.72. The highest BCUT2D eigenvalue weighted by Gasteiger charge is 2.38. The fourth-order valence-corrected chi connectivity index (χ4v) is 3.30. The first-order chi connectivity index (χ1) is 10.1. The van der Waals surface area contributed by atoms with Gasteiger partial charge in [-0.05, 0) is 33.2 Å². The molecule has 2 aliphatic rings. The Morgan fingerprint density at radius 1 is 1.38 bits per heavy atom. The van der Waals surface area contributed by atoms with E-state index in [-0.39, 0.29) is 17.0 Å². The zero-order chi connectivity index (χ0) is 15.0. The Kier molecular flexibility index (Phi) is 3.80. The van der Waals surface area contributed by atoms with Gasteiger partial charge in [-0.15, -0.1) is 0 Å². The Bertz CT molecular complexity index is 592. The van der Waals surface area contributed by atoms with Crippen molar-refractivity contribution in [3.05, 3.63) is 27.9 Å². The van der Waals surface area contributed by atoms with Gasteiger partial charge in [-0.25, -0.2) is 4.98 Å². The van der Waals surface area contributed by atoms with E-state index in [1.807, 2.05) is 0 Å². The Morgan fingerprint density at radius 2 is 2.14 bits per heavy atom. The summed E-state index contributed by atoms with van der Waals surface area (Å²) < 4.78 is 0. The van der Waals surface area contributed by atoms with E-state index >= 15 is 0 Å². The lowest BCUT2D eigenvalue weighted by Gasteiger charge is -2.49. The van der Waals surface area contributed by atoms with Gasteiger partial charge in [0, 0.05) is 31.4 Å². The second-order valence-corrected chi connectivity index (χ2v) is 6.16. The van der Waals surface area contributed by atoms with Crippen LogP contribution in [0, 0.1) is 6.92 Å². The van der Waals surface area contributed by atoms with E-state index in [1.165, 1.54) is 25.5 Å². The molecule has 1 aromatic rings. The van der Waals surface area contributed by atoms with Crippen LogP contribution in [0.1, 0.15) is 42.4 Å². The fraction of sp³-hybridized carbons (Fsp3) is 0.667. The molecule has 0 aliphatic carbocycles. The minimum absolute atomic E-state index is 0.144. The number of aromatic amines is 1. The van der Waals surface area contributed by atoms with Crippen LogP contribution in [0.5, 0.6) is 0 Å². The van der Waals surface area contributed by atoms with E-state index in [0.29, 0.717) is 17.9 Å². The zero-order valence-corrected chi connectivity index (χ0v) is 12.6. The molecule has 1 aromatic heterocycles. The molecule has 2 aliphatic heterocycles. The van der Waals surface area contributed by atoms with Gasteiger partial charge >= 0.3 is 0 Å². The van der Waals surface area contributed by atoms with Crippen LogP contribution in [0.3, 0.4) is 0 Å². The maximum atomic E-state index is 12.3. The van der Waals surface area contributed by atoms with Crippen molar-refractivity contribution in [3.8, 4) is 0 Å². The molecule has 0 unspecified atom stereocenters. The Morgan fingerprint density at radius 3 is 2.81 bits per heavy atom. The number of aromatic nitrogens is 2. The molecule has 0 spiro atoms. The van der Waals surface area contributed by atoms with Crippen LogP contribution in [0.25, 0.3) is 0 Å². The molecular formula is C15H22N4O2. The summed E-state index contributed by atoms with van der Waals surface area (Å²) in [6.07, 6.45) is 5.17. The molecule has 114 valence electrons. The first kappa shape index (κ1) is 14.3. The average Bonchev–Trinajstić information content (AvgIpc) is 2.39. The molecule has 6 nitrogen and oxygen atoms in total. The van der Waals surface area contributed by atoms with Crippen molar-refractivity contribution in [3.63, 3.8) is 0 Å². The predicted molar refractivity (Wildman–Crippen MR) is 79.3 cm³/mol. The first-order valence-electron chi connectivity index (χ1n) is 7.67. The third-order valence-electron chi connectivity index (χ3n) is 4.63. The summed E-state index contributed by atoms with van der Waals surface area (Å²) >= 11 is 0. The maximum Gasteiger partial charge on any atom is 0.263 e. The Balaban J connectivity index is 1.63. The fourth-order valence-electron chi connectivity index (χ4n) is 3.30. The summed E-state index contributed by atoms with van der Waals surface area (Å²) in [5.41, 5.74) is -0.201. The lowest BCUT2D eigenvalue weighted by molar-refractivity contribution is 0.00200. The number of hydrogen-bond donors (Lipinski definition) is 1. The molecule has 3 heterocycles. The van der Waals surface area contributed by atoms with Gasteiger partial charge in [0.2, 0.25) is 0 Å². The van der Waals surface area contributed by atoms with Crippen molar-refractivity contribution in [2.45, 2.75) is 45.2 Å². The number of carbonyl (C=O) groups is 1. The third-order valence-corrected chi connectivity index (χ3v) is 4.63. The van der Waals surface area contributed by atoms with Gasteiger partial charge < -0.3 is 9.88 Å². The van der Waals surface area contributed by atoms with Gasteiger partial charge in [0.25, 0.3) is 11.5 Å². The second-order valence-electron chi connectivity index (χ2n) is 6.16. The number of likely N-dealkylation sites (tertiary alicyclic amines) is 2. The normalized spacial score (nSPS) is 23.9. The highest BCUT2D eigenvalue weighted by molar-refractivity contribution is 5.94. The van der Waals surface area contributed by atoms with E-state index in [0.717, 1.165) is 19.6 Å². The van der Waals surface area contributed by atoms with Crippen molar-refractivity contribution in [2.24, 2.45) is 0 Å². The van der Waals surface area contributed by atoms with E-state index in [2.05, 4.69) is 21.8 Å². The molecule has 3 rings (SSSR count). The zero-order valence-electron chi connectivity index (χ0n) is 12.6. The van der Waals surface area contributed by atoms with Crippen LogP contribution in [0.2, 0.25) is 0 Å². The number of H-pyrrole nitrogens is 1. The highest BCUT2D eigenvalue weighted by Crippen LogP contribution is 2.24. The predicted octanol–water partition coefficient (Wildman–Crippen LogP) is 0.777. The quantitative estimate of drug-likeness (QED) is 0.874. The van der Waals surface area contributed by atoms with Gasteiger partial charge in [-0.2, -0.15) is 0 Å². The lowest BCUT2D eigenvalue weighted by Crippen LogP contribution is -2.63. The SMILES string of the molecule is Cc1ncc(C(=O)N2CC(N3CCCC[C@H]3C)C2)c(=O)[nH]1. The van der Waals surface area contributed by atoms with E-state index in [1.54, 1.807) is 11.8 Å². The van der Waals surface area contributed by atoms with Crippen LogP contribution >= 0.6 is 0 Å². The van der Waals surface area contributed by atoms with Gasteiger partial charge in [0.05, 0.1) is 0 Å². The molecular weight excluding hydrogens is 268 g/mol. The second kappa shape index (κ2) is 5.60. The number of nitrogens with one attached hydrogen (secondary N) is 1. The summed E-state index contributed by atoms with van der Waals surface area (Å²) in [6, 6.07) is 1.05. The van der Waals surface area contributed by atoms with Crippen LogP contribution in [-0.4, -0.2) is 57.4 Å². The standard InChI is InChI=1S/C15H22N4O2/c1-10-5-3-4-6-19(10)12-8-18(9-12)15(21)13-7-16-11(2)17-14(13)20/h7,10,12H,3-6,8-9H2,1-2H3,(H,16,17,20)/t10-/m1/s1. The number of rotatable bonds is 2. The average molecular weight is 290 g/mol. The molecule has 0 bridgehead atoms. The van der Waals surface area contributed by atoms with Crippen molar-refractivity contribution in [1.29, 1.82) is 0 Å². The van der Waals surface area contributed by atoms with Gasteiger partial charge in [0.15, 0.2) is 0 Å². The van der Waals surface area contributed by atoms with Crippen LogP contribution < -0.4 is 5.56 Å². The maximum absolute atomic E-state index is 12.3. The molecule has 1 amide bonds. The van der Waals surface area contributed by atoms with Crippen LogP contribution in [0.15, 0.2) is 11.0 Å². The summed E-state index contributed by atoms with van der Waals surface area (Å²) in [5, 5.41) is 0. The molecule has 0 saturated carbocycles. The number of piperidine rings is 1. The number of carbonyl (C=O) groups excluding carboxylic acids is 1. The minimum Gasteiger partial charge on any atom is -0.335 e. The molecule has 0 radical (unpaired) electrons. The smallest absolute Gasteiger partial charge is 0.263 e. The largest absolute Gasteiger partial charge is 0.335 e. The van der Waals surface area contributed by atoms with Crippen LogP contribution in [-0.2, 0) is 0 Å². The first-order valence-corrected chi connectivity index (χ1v) is 7.67. The molecule has 21 heavy (non-hydrogen) atoms. The monoisotopic (exact) mass is 290 g/mol. The number of nitrogens with zero attached hydrogens (tertiary/aromatic N) is 3. The van der Waals surface area contributed by atoms with E-state index in [4.69, 9.17) is 0 Å². The Hall–Kier alpha value is -1.69. The number of amides is 1. The summed E-state index contributed by atoms with van der Waals surface area (Å²) in [5.74, 6) is 0.324. The van der Waals surface area contributed by atoms with E-state index in [9.17, 15) is 9.59 Å². The van der Waals surface area contributed by atoms with Gasteiger partial charge in [-0.3, -0.25) is 14.5 Å². The molecule has 1 N–H and O–H groups in total. The number of hydrogen-bond acceptors (Lipinski definition) is 4. The Labute approximate surface area is 124 Å². The van der Waals surface area contributed by atoms with Gasteiger partial charge in [0.1, 0.15) is 11.4 Å². The minimum atomic E-state index is -0.345. The number of aryl methyl sites for hydroxylation is 1. The van der Waals surface area contributed by atoms with E-state index < -0.39 is 0 Å². The molecule has 2 saturated heterocycles. The van der Waals surface area contributed by atoms with Crippen molar-refractivity contribution >= 4 is 5.91 Å². The lowest BCUT2D eigenvalue weighted by atomic mass is 9.97. The molecule has 6 heteroatoms. The topological polar surface area (TPSA) is 69.3 Å². The van der Waals surface area contributed by atoms with Crippen molar-refractivity contribution in [1.82, 2.24) is 19.8 Å². The summed E-state index contributed by atoms with van der Waals surface area (Å²) in [6.45, 7) is 6.53. The van der Waals surface area contributed by atoms with Crippen molar-refractivity contribution in [2.75, 3.05) is 19.6 Å². The summed E-state index contributed by atoms with van der Waals surface area (Å²) in [4.78, 5) is 35.0. The van der Waals surface area contributed by atoms with Crippen LogP contribution in [0.4, 0.5) is 0 Å². The highest BCUT2D eigenvalue weighted by atomic mass is 16.2. The summed E-state index contributed by atoms with van der Waals surface area (Å²) in [7, 11) is 0. The molecule has 0 aromatic carbocycles. The molecule has 2 fully saturated rings. The van der Waals surface area contributed by atoms with Gasteiger partial charge in [-0.1, -0.05) is 6.42 Å². The molecule has 1 atom stereocenters. The van der Waals surface area contributed by atoms with Crippen molar-refractivity contribution < 1.29 is 4.79 Å².